The van der Waals surface area contributed by atoms with Crippen LogP contribution in [0.5, 0.6) is 0 Å². The summed E-state index contributed by atoms with van der Waals surface area (Å²) in [5.74, 6) is 1.75. The Hall–Kier alpha value is -2.33. The maximum absolute atomic E-state index is 11.7. The molecule has 0 aliphatic carbocycles. The number of anilines is 2. The predicted octanol–water partition coefficient (Wildman–Crippen LogP) is 0.827. The van der Waals surface area contributed by atoms with E-state index in [4.69, 9.17) is 0 Å². The molecule has 0 spiro atoms. The third-order valence-electron chi connectivity index (χ3n) is 4.49. The largest absolute Gasteiger partial charge is 0.385 e. The van der Waals surface area contributed by atoms with E-state index in [1.165, 1.54) is 6.20 Å². The first-order chi connectivity index (χ1) is 12.7. The number of hydrogen-bond acceptors (Lipinski definition) is 9. The molecule has 0 bridgehead atoms. The van der Waals surface area contributed by atoms with Crippen molar-refractivity contribution in [1.82, 2.24) is 19.9 Å². The average molecular weight is 392 g/mol. The second-order valence-electron chi connectivity index (χ2n) is 6.93. The smallest absolute Gasteiger partial charge is 0.248 e. The number of nitrogens with zero attached hydrogens (tertiary/aromatic N) is 6. The van der Waals surface area contributed by atoms with Crippen LogP contribution >= 0.6 is 0 Å². The minimum Gasteiger partial charge on any atom is -0.385 e. The van der Waals surface area contributed by atoms with Crippen LogP contribution in [0.15, 0.2) is 29.7 Å². The van der Waals surface area contributed by atoms with E-state index in [1.54, 1.807) is 19.2 Å². The highest BCUT2D eigenvalue weighted by Gasteiger charge is 2.31. The quantitative estimate of drug-likeness (QED) is 0.756. The second-order valence-corrected chi connectivity index (χ2v) is 8.84. The lowest BCUT2D eigenvalue weighted by molar-refractivity contribution is 0.189. The normalized spacial score (nSPS) is 22.0. The van der Waals surface area contributed by atoms with Crippen molar-refractivity contribution in [3.63, 3.8) is 0 Å². The summed E-state index contributed by atoms with van der Waals surface area (Å²) in [4.78, 5) is 20.9. The van der Waals surface area contributed by atoms with Crippen molar-refractivity contribution in [3.05, 3.63) is 30.4 Å². The van der Waals surface area contributed by atoms with Gasteiger partial charge in [-0.1, -0.05) is 0 Å². The first kappa shape index (κ1) is 19.4. The fourth-order valence-corrected chi connectivity index (χ4v) is 3.87. The molecular weight excluding hydrogens is 368 g/mol. The molecule has 0 saturated carbocycles. The Kier molecular flexibility index (Phi) is 5.29. The Bertz CT molecular complexity index is 908. The molecule has 0 radical (unpaired) electrons. The van der Waals surface area contributed by atoms with Crippen molar-refractivity contribution in [2.45, 2.75) is 44.1 Å². The molecule has 2 aromatic heterocycles. The van der Waals surface area contributed by atoms with Crippen LogP contribution in [0.1, 0.15) is 32.7 Å². The molecule has 9 nitrogen and oxygen atoms in total. The first-order valence-corrected chi connectivity index (χ1v) is 10.6. The molecule has 2 aromatic rings. The zero-order chi connectivity index (χ0) is 19.8. The Morgan fingerprint density at radius 1 is 1.07 bits per heavy atom. The molecule has 3 unspecified atom stereocenters. The molecule has 1 saturated heterocycles. The molecule has 1 aliphatic heterocycles. The third-order valence-corrected chi connectivity index (χ3v) is 5.35. The van der Waals surface area contributed by atoms with Gasteiger partial charge in [0.25, 0.3) is 0 Å². The molecule has 27 heavy (non-hydrogen) atoms. The summed E-state index contributed by atoms with van der Waals surface area (Å²) in [7, 11) is -3.46. The SMILES string of the molecule is CC(O)c1nccc(N2C(C)CN(c3ccnc(S(C)(=O)=O)n3)CC2C)n1. The number of aliphatic hydroxyl groups excluding tert-OH is 1. The highest BCUT2D eigenvalue weighted by atomic mass is 32.2. The van der Waals surface area contributed by atoms with Gasteiger partial charge in [0.05, 0.1) is 0 Å². The Labute approximate surface area is 159 Å². The van der Waals surface area contributed by atoms with Crippen LogP contribution in [0.2, 0.25) is 0 Å². The summed E-state index contributed by atoms with van der Waals surface area (Å²) in [5, 5.41) is 9.58. The molecule has 0 aromatic carbocycles. The molecule has 0 amide bonds. The lowest BCUT2D eigenvalue weighted by Crippen LogP contribution is -2.57. The van der Waals surface area contributed by atoms with E-state index in [9.17, 15) is 13.5 Å². The third kappa shape index (κ3) is 4.16. The topological polar surface area (TPSA) is 112 Å². The van der Waals surface area contributed by atoms with Crippen molar-refractivity contribution < 1.29 is 13.5 Å². The highest BCUT2D eigenvalue weighted by Crippen LogP contribution is 2.26. The van der Waals surface area contributed by atoms with Crippen LogP contribution in [0, 0.1) is 0 Å². The lowest BCUT2D eigenvalue weighted by Gasteiger charge is -2.45. The monoisotopic (exact) mass is 392 g/mol. The summed E-state index contributed by atoms with van der Waals surface area (Å²) in [5.41, 5.74) is 0. The van der Waals surface area contributed by atoms with Crippen LogP contribution in [0.25, 0.3) is 0 Å². The average Bonchev–Trinajstić information content (AvgIpc) is 2.61. The van der Waals surface area contributed by atoms with Crippen molar-refractivity contribution >= 4 is 21.5 Å². The molecule has 10 heteroatoms. The lowest BCUT2D eigenvalue weighted by atomic mass is 10.1. The van der Waals surface area contributed by atoms with Gasteiger partial charge in [-0.15, -0.1) is 0 Å². The van der Waals surface area contributed by atoms with Crippen molar-refractivity contribution in [2.24, 2.45) is 0 Å². The number of aromatic nitrogens is 4. The molecule has 1 aliphatic rings. The zero-order valence-electron chi connectivity index (χ0n) is 15.8. The fraction of sp³-hybridized carbons (Fsp3) is 0.529. The van der Waals surface area contributed by atoms with Gasteiger partial charge < -0.3 is 14.9 Å². The van der Waals surface area contributed by atoms with E-state index in [0.29, 0.717) is 24.7 Å². The molecule has 3 heterocycles. The van der Waals surface area contributed by atoms with Gasteiger partial charge >= 0.3 is 0 Å². The number of sulfone groups is 1. The van der Waals surface area contributed by atoms with E-state index in [0.717, 1.165) is 12.1 Å². The van der Waals surface area contributed by atoms with Crippen LogP contribution in [0.3, 0.4) is 0 Å². The van der Waals surface area contributed by atoms with Crippen LogP contribution in [-0.2, 0) is 9.84 Å². The van der Waals surface area contributed by atoms with E-state index < -0.39 is 15.9 Å². The number of piperazine rings is 1. The van der Waals surface area contributed by atoms with Crippen molar-refractivity contribution in [3.8, 4) is 0 Å². The minimum atomic E-state index is -3.46. The van der Waals surface area contributed by atoms with Crippen molar-refractivity contribution in [1.29, 1.82) is 0 Å². The predicted molar refractivity (Wildman–Crippen MR) is 101 cm³/mol. The molecule has 3 atom stereocenters. The summed E-state index contributed by atoms with van der Waals surface area (Å²) in [6, 6.07) is 3.75. The minimum absolute atomic E-state index is 0.0992. The summed E-state index contributed by atoms with van der Waals surface area (Å²) in [6.45, 7) is 7.09. The molecule has 1 fully saturated rings. The second kappa shape index (κ2) is 7.35. The maximum atomic E-state index is 11.7. The molecule has 3 rings (SSSR count). The maximum Gasteiger partial charge on any atom is 0.248 e. The van der Waals surface area contributed by atoms with Gasteiger partial charge in [-0.05, 0) is 32.9 Å². The van der Waals surface area contributed by atoms with Gasteiger partial charge in [0.15, 0.2) is 5.82 Å². The van der Waals surface area contributed by atoms with E-state index in [1.807, 2.05) is 6.07 Å². The van der Waals surface area contributed by atoms with Gasteiger partial charge in [-0.3, -0.25) is 0 Å². The Balaban J connectivity index is 1.85. The molecule has 146 valence electrons. The van der Waals surface area contributed by atoms with Crippen molar-refractivity contribution in [2.75, 3.05) is 29.1 Å². The van der Waals surface area contributed by atoms with Crippen LogP contribution in [0.4, 0.5) is 11.6 Å². The van der Waals surface area contributed by atoms with Gasteiger partial charge in [0.2, 0.25) is 15.0 Å². The van der Waals surface area contributed by atoms with E-state index >= 15 is 0 Å². The zero-order valence-corrected chi connectivity index (χ0v) is 16.6. The standard InChI is InChI=1S/C17H24N6O3S/c1-11-9-22(14-5-8-19-17(21-14)27(4,25)26)10-12(2)23(11)15-6-7-18-16(20-15)13(3)24/h5-8,11-13,24H,9-10H2,1-4H3. The summed E-state index contributed by atoms with van der Waals surface area (Å²) in [6.07, 6.45) is 3.50. The molecular formula is C17H24N6O3S. The van der Waals surface area contributed by atoms with Crippen LogP contribution in [-0.4, -0.2) is 64.9 Å². The number of aliphatic hydroxyl groups is 1. The Morgan fingerprint density at radius 3 is 2.26 bits per heavy atom. The molecule has 1 N–H and O–H groups in total. The van der Waals surface area contributed by atoms with E-state index in [-0.39, 0.29) is 17.2 Å². The number of hydrogen-bond donors (Lipinski definition) is 1. The van der Waals surface area contributed by atoms with Gasteiger partial charge in [-0.25, -0.2) is 28.4 Å². The van der Waals surface area contributed by atoms with Gasteiger partial charge in [0.1, 0.15) is 17.7 Å². The Morgan fingerprint density at radius 2 is 1.67 bits per heavy atom. The van der Waals surface area contributed by atoms with Crippen LogP contribution < -0.4 is 9.80 Å². The fourth-order valence-electron chi connectivity index (χ4n) is 3.36. The summed E-state index contributed by atoms with van der Waals surface area (Å²) < 4.78 is 23.5. The van der Waals surface area contributed by atoms with Gasteiger partial charge in [0, 0.05) is 43.8 Å². The first-order valence-electron chi connectivity index (χ1n) is 8.74. The van der Waals surface area contributed by atoms with E-state index in [2.05, 4.69) is 43.6 Å². The highest BCUT2D eigenvalue weighted by molar-refractivity contribution is 7.90. The summed E-state index contributed by atoms with van der Waals surface area (Å²) >= 11 is 0. The number of rotatable bonds is 4. The van der Waals surface area contributed by atoms with Gasteiger partial charge in [-0.2, -0.15) is 0 Å².